The summed E-state index contributed by atoms with van der Waals surface area (Å²) < 4.78 is 15.4. The Morgan fingerprint density at radius 1 is 1.07 bits per heavy atom. The lowest BCUT2D eigenvalue weighted by molar-refractivity contribution is -0.120. The van der Waals surface area contributed by atoms with Crippen molar-refractivity contribution in [3.8, 4) is 22.4 Å². The molecule has 0 fully saturated rings. The molecule has 3 aromatic rings. The number of rotatable bonds is 4. The number of hydrogen-bond acceptors (Lipinski definition) is 4. The van der Waals surface area contributed by atoms with Crippen LogP contribution in [0.3, 0.4) is 0 Å². The van der Waals surface area contributed by atoms with Gasteiger partial charge in [-0.1, -0.05) is 13.8 Å². The van der Waals surface area contributed by atoms with Gasteiger partial charge < -0.3 is 0 Å². The molecule has 1 aromatic carbocycles. The number of carbonyl (C=O) groups excluding carboxylic acids is 1. The summed E-state index contributed by atoms with van der Waals surface area (Å²) in [6.07, 6.45) is 3.45. The lowest BCUT2D eigenvalue weighted by atomic mass is 10.0. The highest BCUT2D eigenvalue weighted by Crippen LogP contribution is 2.41. The Bertz CT molecular complexity index is 1010. The molecule has 1 aliphatic rings. The van der Waals surface area contributed by atoms with E-state index >= 15 is 0 Å². The number of halogens is 1. The van der Waals surface area contributed by atoms with Crippen LogP contribution in [0.15, 0.2) is 48.8 Å². The van der Waals surface area contributed by atoms with E-state index in [-0.39, 0.29) is 11.7 Å². The molecule has 6 nitrogen and oxygen atoms in total. The van der Waals surface area contributed by atoms with Crippen LogP contribution in [0.2, 0.25) is 0 Å². The van der Waals surface area contributed by atoms with Gasteiger partial charge in [0.05, 0.1) is 12.1 Å². The molecule has 1 aliphatic heterocycles. The third kappa shape index (κ3) is 3.65. The predicted octanol–water partition coefficient (Wildman–Crippen LogP) is 3.99. The predicted molar refractivity (Wildman–Crippen MR) is 110 cm³/mol. The number of fused-ring (bicyclic) bond motifs is 1. The van der Waals surface area contributed by atoms with Gasteiger partial charge in [-0.3, -0.25) is 9.78 Å². The van der Waals surface area contributed by atoms with Crippen LogP contribution < -0.4 is 5.01 Å². The minimum absolute atomic E-state index is 0.0625. The minimum Gasteiger partial charge on any atom is -0.273 e. The summed E-state index contributed by atoms with van der Waals surface area (Å²) in [5, 5.41) is 8.65. The largest absolute Gasteiger partial charge is 0.273 e. The van der Waals surface area contributed by atoms with Crippen molar-refractivity contribution in [3.05, 3.63) is 54.6 Å². The van der Waals surface area contributed by atoms with Gasteiger partial charge in [0.15, 0.2) is 5.82 Å². The molecule has 29 heavy (non-hydrogen) atoms. The summed E-state index contributed by atoms with van der Waals surface area (Å²) in [5.41, 5.74) is 3.30. The van der Waals surface area contributed by atoms with Crippen LogP contribution in [0.25, 0.3) is 22.4 Å². The average Bonchev–Trinajstić information content (AvgIpc) is 3.07. The molecule has 0 aliphatic carbocycles. The van der Waals surface area contributed by atoms with Crippen molar-refractivity contribution in [1.29, 1.82) is 0 Å². The van der Waals surface area contributed by atoms with Gasteiger partial charge in [-0.15, -0.1) is 0 Å². The monoisotopic (exact) mass is 393 g/mol. The van der Waals surface area contributed by atoms with E-state index in [1.54, 1.807) is 36.5 Å². The SMILES string of the molecule is CC(=O)N1c2c(-c3ccncc3)c(-c3ccc(F)cc3)nn2CCN1CC(C)C. The lowest BCUT2D eigenvalue weighted by Crippen LogP contribution is -2.52. The summed E-state index contributed by atoms with van der Waals surface area (Å²) in [7, 11) is 0. The van der Waals surface area contributed by atoms with E-state index in [4.69, 9.17) is 5.10 Å². The van der Waals surface area contributed by atoms with Gasteiger partial charge in [0.25, 0.3) is 0 Å². The standard InChI is InChI=1S/C22H24FN5O/c1-15(2)14-26-12-13-27-22(28(26)16(3)29)20(17-8-10-24-11-9-17)21(25-27)18-4-6-19(23)7-5-18/h4-11,15H,12-14H2,1-3H3. The van der Waals surface area contributed by atoms with Crippen molar-refractivity contribution >= 4 is 11.7 Å². The topological polar surface area (TPSA) is 54.3 Å². The first kappa shape index (κ1) is 19.3. The number of anilines is 1. The molecule has 4 rings (SSSR count). The third-order valence-electron chi connectivity index (χ3n) is 4.94. The zero-order chi connectivity index (χ0) is 20.5. The molecule has 3 heterocycles. The average molecular weight is 393 g/mol. The van der Waals surface area contributed by atoms with Gasteiger partial charge in [0, 0.05) is 38.0 Å². The fraction of sp³-hybridized carbons (Fsp3) is 0.318. The highest BCUT2D eigenvalue weighted by molar-refractivity contribution is 5.98. The van der Waals surface area contributed by atoms with Gasteiger partial charge in [-0.05, 0) is 47.9 Å². The number of carbonyl (C=O) groups is 1. The van der Waals surface area contributed by atoms with E-state index in [9.17, 15) is 9.18 Å². The van der Waals surface area contributed by atoms with Crippen molar-refractivity contribution < 1.29 is 9.18 Å². The first-order chi connectivity index (χ1) is 14.0. The summed E-state index contributed by atoms with van der Waals surface area (Å²) >= 11 is 0. The Labute approximate surface area is 169 Å². The number of aromatic nitrogens is 3. The summed E-state index contributed by atoms with van der Waals surface area (Å²) in [4.78, 5) is 16.8. The second kappa shape index (κ2) is 7.75. The number of pyridine rings is 1. The van der Waals surface area contributed by atoms with Gasteiger partial charge in [-0.2, -0.15) is 5.10 Å². The molecule has 0 radical (unpaired) electrons. The highest BCUT2D eigenvalue weighted by atomic mass is 19.1. The highest BCUT2D eigenvalue weighted by Gasteiger charge is 2.34. The third-order valence-corrected chi connectivity index (χ3v) is 4.94. The Morgan fingerprint density at radius 3 is 2.38 bits per heavy atom. The number of hydrogen-bond donors (Lipinski definition) is 0. The van der Waals surface area contributed by atoms with Crippen LogP contribution in [-0.4, -0.2) is 38.8 Å². The van der Waals surface area contributed by atoms with Crippen molar-refractivity contribution in [1.82, 2.24) is 19.8 Å². The summed E-state index contributed by atoms with van der Waals surface area (Å²) in [6, 6.07) is 10.1. The first-order valence-corrected chi connectivity index (χ1v) is 9.78. The van der Waals surface area contributed by atoms with Crippen LogP contribution >= 0.6 is 0 Å². The number of benzene rings is 1. The molecule has 2 aromatic heterocycles. The number of amides is 1. The molecule has 0 saturated carbocycles. The maximum absolute atomic E-state index is 13.5. The lowest BCUT2D eigenvalue weighted by Gasteiger charge is -2.39. The Balaban J connectivity index is 1.94. The van der Waals surface area contributed by atoms with Crippen molar-refractivity contribution in [3.63, 3.8) is 0 Å². The molecule has 0 atom stereocenters. The first-order valence-electron chi connectivity index (χ1n) is 9.78. The zero-order valence-electron chi connectivity index (χ0n) is 16.8. The Hall–Kier alpha value is -3.06. The van der Waals surface area contributed by atoms with Crippen LogP contribution in [0, 0.1) is 11.7 Å². The van der Waals surface area contributed by atoms with Gasteiger partial charge in [-0.25, -0.2) is 19.1 Å². The minimum atomic E-state index is -0.295. The molecule has 150 valence electrons. The van der Waals surface area contributed by atoms with Crippen LogP contribution in [0.1, 0.15) is 20.8 Å². The molecule has 7 heteroatoms. The summed E-state index contributed by atoms with van der Waals surface area (Å²) in [6.45, 7) is 7.99. The molecule has 1 amide bonds. The van der Waals surface area contributed by atoms with Crippen LogP contribution in [0.5, 0.6) is 0 Å². The van der Waals surface area contributed by atoms with Gasteiger partial charge in [0.1, 0.15) is 11.5 Å². The number of hydrazine groups is 1. The maximum atomic E-state index is 13.5. The smallest absolute Gasteiger partial charge is 0.239 e. The molecular weight excluding hydrogens is 369 g/mol. The Kier molecular flexibility index (Phi) is 5.15. The van der Waals surface area contributed by atoms with E-state index < -0.39 is 0 Å². The van der Waals surface area contributed by atoms with E-state index in [2.05, 4.69) is 23.8 Å². The molecule has 0 saturated heterocycles. The van der Waals surface area contributed by atoms with Crippen molar-refractivity contribution in [2.75, 3.05) is 18.1 Å². The van der Waals surface area contributed by atoms with Crippen LogP contribution in [-0.2, 0) is 11.3 Å². The van der Waals surface area contributed by atoms with Gasteiger partial charge in [0.2, 0.25) is 5.91 Å². The fourth-order valence-corrected chi connectivity index (χ4v) is 3.81. The van der Waals surface area contributed by atoms with Crippen LogP contribution in [0.4, 0.5) is 10.2 Å². The summed E-state index contributed by atoms with van der Waals surface area (Å²) in [5.74, 6) is 0.798. The zero-order valence-corrected chi connectivity index (χ0v) is 16.8. The van der Waals surface area contributed by atoms with E-state index in [1.165, 1.54) is 12.1 Å². The second-order valence-corrected chi connectivity index (χ2v) is 7.65. The van der Waals surface area contributed by atoms with E-state index in [0.717, 1.165) is 34.7 Å². The normalized spacial score (nSPS) is 14.3. The maximum Gasteiger partial charge on any atom is 0.239 e. The van der Waals surface area contributed by atoms with E-state index in [0.29, 0.717) is 19.0 Å². The second-order valence-electron chi connectivity index (χ2n) is 7.65. The van der Waals surface area contributed by atoms with E-state index in [1.807, 2.05) is 16.8 Å². The fourth-order valence-electron chi connectivity index (χ4n) is 3.81. The molecule has 0 N–H and O–H groups in total. The molecular formula is C22H24FN5O. The molecule has 0 unspecified atom stereocenters. The van der Waals surface area contributed by atoms with Crippen molar-refractivity contribution in [2.45, 2.75) is 27.3 Å². The molecule has 0 spiro atoms. The Morgan fingerprint density at radius 2 is 1.76 bits per heavy atom. The number of nitrogens with zero attached hydrogens (tertiary/aromatic N) is 5. The quantitative estimate of drug-likeness (QED) is 0.673. The molecule has 0 bridgehead atoms. The van der Waals surface area contributed by atoms with Crippen molar-refractivity contribution in [2.24, 2.45) is 5.92 Å². The van der Waals surface area contributed by atoms with Gasteiger partial charge >= 0.3 is 0 Å².